The first-order chi connectivity index (χ1) is 1.73. The number of carbonyl (C=O) groups is 1. The molecule has 0 amide bonds. The Hall–Kier alpha value is 1.39. The molecule has 0 saturated carbocycles. The second kappa shape index (κ2) is 5.39. The number of carboxylic acid groups (broad SMARTS) is 2. The second-order valence-corrected chi connectivity index (χ2v) is 0.283. The minimum atomic E-state index is -1.83. The molecule has 0 fully saturated rings. The summed E-state index contributed by atoms with van der Waals surface area (Å²) < 4.78 is 0. The Labute approximate surface area is 90.6 Å². The molecule has 3 nitrogen and oxygen atoms in total. The van der Waals surface area contributed by atoms with Gasteiger partial charge in [-0.05, 0) is 0 Å². The van der Waals surface area contributed by atoms with Gasteiger partial charge < -0.3 is 10.2 Å². The number of hydrogen-bond donors (Lipinski definition) is 2. The van der Waals surface area contributed by atoms with E-state index in [1.54, 1.807) is 0 Å². The molecule has 0 atom stereocenters. The summed E-state index contributed by atoms with van der Waals surface area (Å²) in [6, 6.07) is 0. The Bertz CT molecular complexity index is 29.9. The largest absolute Gasteiger partial charge is 0.503 e. The van der Waals surface area contributed by atoms with Gasteiger partial charge >= 0.3 is 6.16 Å². The zero-order valence-electron chi connectivity index (χ0n) is 2.16. The number of hydrogen-bond acceptors (Lipinski definition) is 1. The van der Waals surface area contributed by atoms with Crippen molar-refractivity contribution in [3.63, 3.8) is 0 Å². The topological polar surface area (TPSA) is 57.5 Å². The second-order valence-electron chi connectivity index (χ2n) is 0.283. The molecule has 4 heteroatoms. The molecule has 0 aromatic rings. The molecule has 5 heavy (non-hydrogen) atoms. The van der Waals surface area contributed by atoms with Crippen LogP contribution in [0.4, 0.5) is 4.79 Å². The van der Waals surface area contributed by atoms with E-state index in [4.69, 9.17) is 15.0 Å². The van der Waals surface area contributed by atoms with E-state index < -0.39 is 6.16 Å². The molecule has 2 N–H and O–H groups in total. The predicted molar refractivity (Wildman–Crippen MR) is 10.7 cm³/mol. The van der Waals surface area contributed by atoms with Gasteiger partial charge in [0.2, 0.25) is 0 Å². The molecule has 0 bridgehead atoms. The van der Waals surface area contributed by atoms with Crippen molar-refractivity contribution in [3.05, 3.63) is 0 Å². The molecule has 0 aliphatic carbocycles. The van der Waals surface area contributed by atoms with E-state index in [1.807, 2.05) is 0 Å². The predicted octanol–water partition coefficient (Wildman–Crippen LogP) is 0.222. The van der Waals surface area contributed by atoms with E-state index in [2.05, 4.69) is 0 Å². The summed E-state index contributed by atoms with van der Waals surface area (Å²) in [5.41, 5.74) is 0. The molecule has 0 rings (SSSR count). The third-order valence-electron chi connectivity index (χ3n) is 0. The monoisotopic (exact) mass is 284 g/mol. The summed E-state index contributed by atoms with van der Waals surface area (Å²) in [4.78, 5) is 8.56. The van der Waals surface area contributed by atoms with Crippen LogP contribution in [0.3, 0.4) is 0 Å². The van der Waals surface area contributed by atoms with Crippen molar-refractivity contribution < 1.29 is 86.9 Å². The molecule has 0 aliphatic heterocycles. The van der Waals surface area contributed by atoms with Crippen LogP contribution in [0.5, 0.6) is 0 Å². The fourth-order valence-electron chi connectivity index (χ4n) is 0. The van der Waals surface area contributed by atoms with Gasteiger partial charge in [-0.2, -0.15) is 0 Å². The van der Waals surface area contributed by atoms with Gasteiger partial charge in [-0.1, -0.05) is 0 Å². The van der Waals surface area contributed by atoms with Gasteiger partial charge in [-0.3, -0.25) is 0 Å². The first-order valence-electron chi connectivity index (χ1n) is 0.651. The fraction of sp³-hybridized carbons (Fsp3) is 0. The SMILES string of the molecule is O=C(O)O.[Rn]. The van der Waals surface area contributed by atoms with Crippen molar-refractivity contribution in [2.75, 3.05) is 0 Å². The minimum absolute atomic E-state index is 0. The summed E-state index contributed by atoms with van der Waals surface area (Å²) in [7, 11) is 0. The average Bonchev–Trinajstić information content (AvgIpc) is 0.811. The zero-order chi connectivity index (χ0) is 3.58. The summed E-state index contributed by atoms with van der Waals surface area (Å²) >= 11 is 0. The van der Waals surface area contributed by atoms with Gasteiger partial charge in [0.15, 0.2) is 0 Å². The molecular formula is CH2O3Rn. The minimum Gasteiger partial charge on any atom is -0.450 e. The molecule has 0 aromatic carbocycles. The summed E-state index contributed by atoms with van der Waals surface area (Å²) in [5.74, 6) is 0. The summed E-state index contributed by atoms with van der Waals surface area (Å²) in [6.07, 6.45) is -1.83. The van der Waals surface area contributed by atoms with Crippen LogP contribution in [0.15, 0.2) is 0 Å². The molecule has 0 spiro atoms. The Morgan fingerprint density at radius 2 is 1.40 bits per heavy atom. The van der Waals surface area contributed by atoms with Crippen LogP contribution < -0.4 is 0 Å². The van der Waals surface area contributed by atoms with E-state index in [-0.39, 0.29) is 71.9 Å². The summed E-state index contributed by atoms with van der Waals surface area (Å²) in [5, 5.41) is 13.9. The van der Waals surface area contributed by atoms with E-state index in [9.17, 15) is 0 Å². The Morgan fingerprint density at radius 1 is 1.40 bits per heavy atom. The fourth-order valence-corrected chi connectivity index (χ4v) is 0. The van der Waals surface area contributed by atoms with E-state index in [1.165, 1.54) is 0 Å². The molecule has 0 heterocycles. The maximum Gasteiger partial charge on any atom is 0.503 e. The van der Waals surface area contributed by atoms with E-state index >= 15 is 0 Å². The van der Waals surface area contributed by atoms with Crippen molar-refractivity contribution in [2.45, 2.75) is 0 Å². The van der Waals surface area contributed by atoms with Gasteiger partial charge in [-0.25, -0.2) is 4.79 Å². The van der Waals surface area contributed by atoms with Gasteiger partial charge in [0, 0.05) is 71.9 Å². The zero-order valence-corrected chi connectivity index (χ0v) is 4.91. The van der Waals surface area contributed by atoms with Gasteiger partial charge in [0.25, 0.3) is 0 Å². The van der Waals surface area contributed by atoms with Crippen LogP contribution in [-0.2, 0) is 0 Å². The Morgan fingerprint density at radius 3 is 1.40 bits per heavy atom. The van der Waals surface area contributed by atoms with Crippen molar-refractivity contribution >= 4 is 6.16 Å². The molecule has 0 aromatic heterocycles. The maximum absolute atomic E-state index is 8.56. The van der Waals surface area contributed by atoms with E-state index in [0.717, 1.165) is 0 Å². The first kappa shape index (κ1) is 9.63. The van der Waals surface area contributed by atoms with Crippen molar-refractivity contribution in [1.29, 1.82) is 0 Å². The molecule has 32 valence electrons. The molecule has 0 unspecified atom stereocenters. The standard InChI is InChI=1S/CH2O3.Rn/c2-1(3)4;/h(H2,2,3,4);. The van der Waals surface area contributed by atoms with Crippen LogP contribution in [0.1, 0.15) is 0 Å². The van der Waals surface area contributed by atoms with Crippen LogP contribution in [0.2, 0.25) is 0 Å². The summed E-state index contributed by atoms with van der Waals surface area (Å²) in [6.45, 7) is 0. The van der Waals surface area contributed by atoms with Crippen molar-refractivity contribution in [1.82, 2.24) is 0 Å². The van der Waals surface area contributed by atoms with Crippen molar-refractivity contribution in [3.8, 4) is 0 Å². The maximum atomic E-state index is 8.56. The van der Waals surface area contributed by atoms with Gasteiger partial charge in [0.1, 0.15) is 0 Å². The van der Waals surface area contributed by atoms with Gasteiger partial charge in [0.05, 0.1) is 0 Å². The van der Waals surface area contributed by atoms with E-state index in [0.29, 0.717) is 0 Å². The van der Waals surface area contributed by atoms with Crippen LogP contribution in [0, 0.1) is 71.9 Å². The molecule has 0 radical (unpaired) electrons. The smallest absolute Gasteiger partial charge is 0.450 e. The molecular weight excluding hydrogens is 282 g/mol. The average molecular weight is 284 g/mol. The van der Waals surface area contributed by atoms with Crippen LogP contribution in [-0.4, -0.2) is 16.4 Å². The number of rotatable bonds is 0. The first-order valence-corrected chi connectivity index (χ1v) is 0.651. The quantitative estimate of drug-likeness (QED) is 0.669. The Kier molecular flexibility index (Phi) is 10.4. The van der Waals surface area contributed by atoms with Gasteiger partial charge in [-0.15, -0.1) is 0 Å². The molecule has 0 saturated heterocycles. The Balaban J connectivity index is 0. The molecule has 0 aliphatic rings. The van der Waals surface area contributed by atoms with Crippen LogP contribution >= 0.6 is 0 Å². The third kappa shape index (κ3) is 32.1. The normalized spacial score (nSPS) is 4.80. The van der Waals surface area contributed by atoms with Crippen LogP contribution in [0.25, 0.3) is 0 Å². The van der Waals surface area contributed by atoms with Crippen molar-refractivity contribution in [2.24, 2.45) is 0 Å². The third-order valence-corrected chi connectivity index (χ3v) is 0.